The molecule has 0 amide bonds. The Bertz CT molecular complexity index is 3010. The van der Waals surface area contributed by atoms with E-state index in [1.165, 1.54) is 88.0 Å². The number of sulfone groups is 2. The smallest absolute Gasteiger partial charge is 0.358 e. The van der Waals surface area contributed by atoms with Crippen LogP contribution in [0.5, 0.6) is 0 Å². The zero-order valence-corrected chi connectivity index (χ0v) is 53.1. The molecule has 356 valence electrons. The van der Waals surface area contributed by atoms with E-state index in [2.05, 4.69) is 123 Å². The van der Waals surface area contributed by atoms with Crippen LogP contribution in [0.15, 0.2) is 213 Å². The van der Waals surface area contributed by atoms with Crippen LogP contribution in [0, 0.1) is 65.1 Å². The second-order valence-corrected chi connectivity index (χ2v) is 18.8. The first-order valence-corrected chi connectivity index (χ1v) is 24.1. The predicted molar refractivity (Wildman–Crippen MR) is 255 cm³/mol. The average molecular weight is 1310 g/mol. The Kier molecular flexibility index (Phi) is 37.5. The van der Waals surface area contributed by atoms with Gasteiger partial charge in [0.2, 0.25) is 0 Å². The van der Waals surface area contributed by atoms with Gasteiger partial charge in [0, 0.05) is 131 Å². The molecule has 8 aromatic rings. The maximum atomic E-state index is 12.2. The van der Waals surface area contributed by atoms with Gasteiger partial charge in [0.25, 0.3) is 10.1 Å². The van der Waals surface area contributed by atoms with Crippen molar-refractivity contribution in [1.82, 2.24) is 0 Å². The summed E-state index contributed by atoms with van der Waals surface area (Å²) >= 11 is 0. The van der Waals surface area contributed by atoms with E-state index in [0.29, 0.717) is 0 Å². The number of rotatable bonds is 7. The molecule has 0 unspecified atom stereocenters. The van der Waals surface area contributed by atoms with Crippen molar-refractivity contribution in [2.75, 3.05) is 0 Å². The van der Waals surface area contributed by atoms with Crippen LogP contribution in [0.4, 0.5) is 0 Å². The van der Waals surface area contributed by atoms with Gasteiger partial charge in [0.1, 0.15) is 0 Å². The van der Waals surface area contributed by atoms with Crippen molar-refractivity contribution in [1.29, 1.82) is 0 Å². The average Bonchev–Trinajstić information content (AvgIpc) is 3.31. The van der Waals surface area contributed by atoms with Gasteiger partial charge in [-0.1, -0.05) is 59.7 Å². The summed E-state index contributed by atoms with van der Waals surface area (Å²) in [5.41, 5.74) is 7.62. The first-order chi connectivity index (χ1) is 30.5. The third-order valence-electron chi connectivity index (χ3n) is 8.53. The topological polar surface area (TPSA) is 174 Å². The Morgan fingerprint density at radius 1 is 0.371 bits per heavy atom. The molecule has 4 radical (unpaired) electrons. The van der Waals surface area contributed by atoms with Crippen molar-refractivity contribution in [2.45, 2.75) is 38.3 Å². The van der Waals surface area contributed by atoms with E-state index in [1.807, 2.05) is 24.3 Å². The summed E-state index contributed by atoms with van der Waals surface area (Å²) in [7, 11) is -14.8. The zero-order valence-electron chi connectivity index (χ0n) is 38.5. The SMILES string of the molecule is Cc1ccc(-c2cc[c-]cc2)cc1.Cc1ccc(-c2cc[c-]cc2)cc1.O=S(=O)(O)c1[c-]ccc(S(=O)(=O)c2cc[c-]cc2)c1.O=S(=O)(c1cc[c-]cc1)c1cc[c-]cc1.O=S(=O)=O.[CH3-].[CH3-].[Y].[Y].[Y].[Y]. The molecule has 0 fully saturated rings. The Labute approximate surface area is 517 Å². The molecule has 0 aliphatic carbocycles. The van der Waals surface area contributed by atoms with E-state index < -0.39 is 45.3 Å². The van der Waals surface area contributed by atoms with Gasteiger partial charge in [-0.05, 0) is 49.5 Å². The van der Waals surface area contributed by atoms with Crippen LogP contribution in [-0.4, -0.2) is 42.4 Å². The summed E-state index contributed by atoms with van der Waals surface area (Å²) in [6, 6.07) is 70.9. The van der Waals surface area contributed by atoms with Gasteiger partial charge in [0.05, 0.1) is 0 Å². The summed E-state index contributed by atoms with van der Waals surface area (Å²) in [5.74, 6) is 0. The van der Waals surface area contributed by atoms with Crippen LogP contribution in [-0.2, 0) is 171 Å². The maximum absolute atomic E-state index is 12.2. The zero-order chi connectivity index (χ0) is 46.6. The van der Waals surface area contributed by atoms with Gasteiger partial charge in [0.15, 0.2) is 19.7 Å². The number of hydrogen-bond acceptors (Lipinski definition) is 9. The summed E-state index contributed by atoms with van der Waals surface area (Å²) in [4.78, 5) is -0.236. The van der Waals surface area contributed by atoms with Crippen molar-refractivity contribution in [3.63, 3.8) is 0 Å². The minimum atomic E-state index is -4.49. The standard InChI is InChI=1S/2C13H11.C12H8O5S2.C12H8O2S.2CH3.O3S.4Y/c2*1-11-7-9-13(10-8-11)12-5-3-2-4-6-12;13-18(14,10-5-2-1-3-6-10)11-7-4-8-12(9-11)19(15,16)17;13-15(14,11-7-3-1-4-8-11)12-9-5-2-6-10-12;;;1-4(2)3;;;;/h2*3-10H,1H3;2-7,9H,(H,15,16,17);3-10H;2*1H3;;;;;/q2*-1;2*-2;2*-1;;;;;. The largest absolute Gasteiger partial charge is 0.425 e. The number of hydrogen-bond donors (Lipinski definition) is 1. The molecule has 0 heterocycles. The van der Waals surface area contributed by atoms with E-state index in [4.69, 9.17) is 17.2 Å². The van der Waals surface area contributed by atoms with E-state index in [0.717, 1.165) is 12.1 Å². The Balaban J connectivity index is -0.000000817. The monoisotopic (exact) mass is 1310 g/mol. The minimum absolute atomic E-state index is 0. The summed E-state index contributed by atoms with van der Waals surface area (Å²) in [5, 5.41) is 0. The van der Waals surface area contributed by atoms with Crippen molar-refractivity contribution >= 4 is 40.4 Å². The van der Waals surface area contributed by atoms with Gasteiger partial charge >= 0.3 is 10.6 Å². The van der Waals surface area contributed by atoms with Crippen LogP contribution in [0.1, 0.15) is 11.1 Å². The first-order valence-electron chi connectivity index (χ1n) is 18.7. The van der Waals surface area contributed by atoms with Crippen LogP contribution < -0.4 is 0 Å². The van der Waals surface area contributed by atoms with E-state index >= 15 is 0 Å². The maximum Gasteiger partial charge on any atom is 0.425 e. The molecule has 8 rings (SSSR count). The molecule has 18 heteroatoms. The first kappa shape index (κ1) is 71.9. The molecule has 0 spiro atoms. The van der Waals surface area contributed by atoms with Crippen LogP contribution in [0.2, 0.25) is 0 Å². The molecule has 0 aliphatic rings. The summed E-state index contributed by atoms with van der Waals surface area (Å²) in [6.07, 6.45) is 0. The van der Waals surface area contributed by atoms with Crippen molar-refractivity contribution in [3.05, 3.63) is 250 Å². The van der Waals surface area contributed by atoms with E-state index in [-0.39, 0.29) is 165 Å². The summed E-state index contributed by atoms with van der Waals surface area (Å²) in [6.45, 7) is 4.20. The molecule has 0 aliphatic heterocycles. The molecular formula is C52H44O10S4Y4-8. The van der Waals surface area contributed by atoms with Gasteiger partial charge in [-0.2, -0.15) is 178 Å². The number of benzene rings is 8. The van der Waals surface area contributed by atoms with Crippen molar-refractivity contribution in [2.24, 2.45) is 0 Å². The van der Waals surface area contributed by atoms with Crippen LogP contribution in [0.3, 0.4) is 0 Å². The van der Waals surface area contributed by atoms with Crippen molar-refractivity contribution in [3.8, 4) is 22.3 Å². The Hall–Kier alpha value is -2.39. The van der Waals surface area contributed by atoms with Crippen LogP contribution >= 0.6 is 0 Å². The predicted octanol–water partition coefficient (Wildman–Crippen LogP) is 10.3. The minimum Gasteiger partial charge on any atom is -0.358 e. The fourth-order valence-electron chi connectivity index (χ4n) is 5.32. The van der Waals surface area contributed by atoms with Gasteiger partial charge in [-0.3, -0.25) is 4.55 Å². The normalized spacial score (nSPS) is 9.76. The van der Waals surface area contributed by atoms with Crippen molar-refractivity contribution < 1.29 is 173 Å². The molecule has 70 heavy (non-hydrogen) atoms. The van der Waals surface area contributed by atoms with Gasteiger partial charge in [-0.15, -0.1) is 29.8 Å². The second kappa shape index (κ2) is 36.5. The van der Waals surface area contributed by atoms with Gasteiger partial charge in [-0.25, -0.2) is 16.8 Å². The van der Waals surface area contributed by atoms with E-state index in [9.17, 15) is 25.3 Å². The molecule has 0 aromatic heterocycles. The fourth-order valence-corrected chi connectivity index (χ4v) is 8.43. The fraction of sp³-hybridized carbons (Fsp3) is 0.0385. The molecule has 8 aromatic carbocycles. The van der Waals surface area contributed by atoms with E-state index in [1.54, 1.807) is 24.3 Å². The summed E-state index contributed by atoms with van der Waals surface area (Å²) < 4.78 is 105. The molecule has 1 N–H and O–H groups in total. The third kappa shape index (κ3) is 24.6. The Morgan fingerprint density at radius 2 is 0.600 bits per heavy atom. The molecule has 0 bridgehead atoms. The van der Waals surface area contributed by atoms with Crippen LogP contribution in [0.25, 0.3) is 22.3 Å². The molecule has 0 atom stereocenters. The number of aryl methyl sites for hydroxylation is 2. The third-order valence-corrected chi connectivity index (χ3v) is 12.9. The second-order valence-electron chi connectivity index (χ2n) is 13.1. The molecule has 0 saturated heterocycles. The van der Waals surface area contributed by atoms with Gasteiger partial charge < -0.3 is 14.9 Å². The molecule has 0 saturated carbocycles. The Morgan fingerprint density at radius 3 is 0.871 bits per heavy atom. The molecule has 10 nitrogen and oxygen atoms in total. The molecular weight excluding hydrogens is 1270 g/mol. The quantitative estimate of drug-likeness (QED) is 0.120.